The lowest BCUT2D eigenvalue weighted by Gasteiger charge is -2.27. The van der Waals surface area contributed by atoms with Gasteiger partial charge in [0.25, 0.3) is 0 Å². The zero-order valence-corrected chi connectivity index (χ0v) is 8.66. The highest BCUT2D eigenvalue weighted by Gasteiger charge is 2.16. The Bertz CT molecular complexity index is 309. The maximum absolute atomic E-state index is 12.8. The average Bonchev–Trinajstić information content (AvgIpc) is 2.01. The first-order valence-electron chi connectivity index (χ1n) is 4.43. The van der Waals surface area contributed by atoms with Gasteiger partial charge in [0.1, 0.15) is 0 Å². The molecule has 1 rings (SSSR count). The molecule has 3 nitrogen and oxygen atoms in total. The number of likely N-dealkylation sites (N-methyl/N-ethyl adjacent to an activating group) is 1. The van der Waals surface area contributed by atoms with Gasteiger partial charge in [-0.05, 0) is 19.9 Å². The van der Waals surface area contributed by atoms with Crippen LogP contribution in [0.25, 0.3) is 0 Å². The second kappa shape index (κ2) is 3.92. The Hall–Kier alpha value is -1.16. The summed E-state index contributed by atoms with van der Waals surface area (Å²) in [5.74, 6) is -0.509. The van der Waals surface area contributed by atoms with E-state index in [0.29, 0.717) is 12.2 Å². The molecule has 1 heterocycles. The number of aliphatic hydroxyl groups is 1. The van der Waals surface area contributed by atoms with Crippen LogP contribution in [0.1, 0.15) is 13.8 Å². The summed E-state index contributed by atoms with van der Waals surface area (Å²) in [6, 6.07) is 3.04. The number of pyridine rings is 1. The molecule has 14 heavy (non-hydrogen) atoms. The first-order chi connectivity index (χ1) is 6.38. The highest BCUT2D eigenvalue weighted by Crippen LogP contribution is 2.14. The SMILES string of the molecule is CN(CC(C)(C)O)c1ccnc(F)c1. The van der Waals surface area contributed by atoms with Gasteiger partial charge in [-0.1, -0.05) is 0 Å². The van der Waals surface area contributed by atoms with Gasteiger partial charge in [-0.3, -0.25) is 0 Å². The summed E-state index contributed by atoms with van der Waals surface area (Å²) in [7, 11) is 1.80. The van der Waals surface area contributed by atoms with Gasteiger partial charge >= 0.3 is 0 Å². The smallest absolute Gasteiger partial charge is 0.214 e. The Morgan fingerprint density at radius 1 is 1.57 bits per heavy atom. The third-order valence-electron chi connectivity index (χ3n) is 1.78. The van der Waals surface area contributed by atoms with Crippen molar-refractivity contribution in [3.63, 3.8) is 0 Å². The summed E-state index contributed by atoms with van der Waals surface area (Å²) >= 11 is 0. The molecule has 0 fully saturated rings. The summed E-state index contributed by atoms with van der Waals surface area (Å²) in [4.78, 5) is 5.25. The molecule has 0 aliphatic carbocycles. The molecule has 78 valence electrons. The fourth-order valence-electron chi connectivity index (χ4n) is 1.30. The molecule has 0 unspecified atom stereocenters. The van der Waals surface area contributed by atoms with E-state index >= 15 is 0 Å². The van der Waals surface area contributed by atoms with Gasteiger partial charge < -0.3 is 10.0 Å². The molecular weight excluding hydrogens is 183 g/mol. The van der Waals surface area contributed by atoms with Gasteiger partial charge in [0.2, 0.25) is 5.95 Å². The van der Waals surface area contributed by atoms with Crippen molar-refractivity contribution in [2.24, 2.45) is 0 Å². The predicted molar refractivity (Wildman–Crippen MR) is 53.8 cm³/mol. The van der Waals surface area contributed by atoms with Crippen LogP contribution < -0.4 is 4.90 Å². The molecule has 0 aromatic carbocycles. The van der Waals surface area contributed by atoms with Crippen molar-refractivity contribution in [1.82, 2.24) is 4.98 Å². The molecule has 0 atom stereocenters. The van der Waals surface area contributed by atoms with Gasteiger partial charge in [0, 0.05) is 31.5 Å². The van der Waals surface area contributed by atoms with Crippen molar-refractivity contribution >= 4 is 5.69 Å². The van der Waals surface area contributed by atoms with Crippen LogP contribution in [-0.4, -0.2) is 29.3 Å². The second-order valence-electron chi connectivity index (χ2n) is 4.01. The Morgan fingerprint density at radius 2 is 2.21 bits per heavy atom. The zero-order chi connectivity index (χ0) is 10.8. The lowest BCUT2D eigenvalue weighted by molar-refractivity contribution is 0.0886. The molecule has 0 aliphatic heterocycles. The maximum Gasteiger partial charge on any atom is 0.214 e. The van der Waals surface area contributed by atoms with Gasteiger partial charge in [0.15, 0.2) is 0 Å². The van der Waals surface area contributed by atoms with Crippen LogP contribution >= 0.6 is 0 Å². The quantitative estimate of drug-likeness (QED) is 0.746. The van der Waals surface area contributed by atoms with Crippen LogP contribution in [0.4, 0.5) is 10.1 Å². The van der Waals surface area contributed by atoms with Gasteiger partial charge in [-0.15, -0.1) is 0 Å². The third-order valence-corrected chi connectivity index (χ3v) is 1.78. The minimum Gasteiger partial charge on any atom is -0.389 e. The first-order valence-corrected chi connectivity index (χ1v) is 4.43. The predicted octanol–water partition coefficient (Wildman–Crippen LogP) is 1.43. The maximum atomic E-state index is 12.8. The van der Waals surface area contributed by atoms with Crippen LogP contribution in [0.2, 0.25) is 0 Å². The number of anilines is 1. The molecule has 1 aromatic rings. The van der Waals surface area contributed by atoms with E-state index in [1.54, 1.807) is 31.9 Å². The minimum atomic E-state index is -0.797. The molecule has 1 N–H and O–H groups in total. The van der Waals surface area contributed by atoms with Crippen molar-refractivity contribution in [2.75, 3.05) is 18.5 Å². The summed E-state index contributed by atoms with van der Waals surface area (Å²) in [6.07, 6.45) is 1.41. The molecule has 0 radical (unpaired) electrons. The lowest BCUT2D eigenvalue weighted by Crippen LogP contribution is -2.36. The standard InChI is InChI=1S/C10H15FN2O/c1-10(2,14)7-13(3)8-4-5-12-9(11)6-8/h4-6,14H,7H2,1-3H3. The first kappa shape index (κ1) is 10.9. The minimum absolute atomic E-state index is 0.441. The van der Waals surface area contributed by atoms with E-state index in [1.807, 2.05) is 0 Å². The van der Waals surface area contributed by atoms with Crippen LogP contribution in [0.3, 0.4) is 0 Å². The fraction of sp³-hybridized carbons (Fsp3) is 0.500. The molecule has 0 saturated heterocycles. The van der Waals surface area contributed by atoms with E-state index in [1.165, 1.54) is 12.3 Å². The lowest BCUT2D eigenvalue weighted by atomic mass is 10.1. The van der Waals surface area contributed by atoms with E-state index in [4.69, 9.17) is 0 Å². The van der Waals surface area contributed by atoms with Crippen LogP contribution in [0.15, 0.2) is 18.3 Å². The molecule has 0 bridgehead atoms. The number of nitrogens with zero attached hydrogens (tertiary/aromatic N) is 2. The van der Waals surface area contributed by atoms with E-state index in [2.05, 4.69) is 4.98 Å². The normalized spacial score (nSPS) is 11.5. The number of aromatic nitrogens is 1. The van der Waals surface area contributed by atoms with E-state index in [-0.39, 0.29) is 0 Å². The number of hydrogen-bond acceptors (Lipinski definition) is 3. The van der Waals surface area contributed by atoms with E-state index in [0.717, 1.165) is 0 Å². The summed E-state index contributed by atoms with van der Waals surface area (Å²) < 4.78 is 12.8. The summed E-state index contributed by atoms with van der Waals surface area (Å²) in [5, 5.41) is 9.57. The van der Waals surface area contributed by atoms with Crippen molar-refractivity contribution in [2.45, 2.75) is 19.4 Å². The van der Waals surface area contributed by atoms with Crippen molar-refractivity contribution in [3.05, 3.63) is 24.3 Å². The van der Waals surface area contributed by atoms with E-state index < -0.39 is 11.5 Å². The molecule has 4 heteroatoms. The van der Waals surface area contributed by atoms with Crippen molar-refractivity contribution in [3.8, 4) is 0 Å². The van der Waals surface area contributed by atoms with Crippen LogP contribution in [0, 0.1) is 5.95 Å². The van der Waals surface area contributed by atoms with Crippen molar-refractivity contribution in [1.29, 1.82) is 0 Å². The van der Waals surface area contributed by atoms with E-state index in [9.17, 15) is 9.50 Å². The number of hydrogen-bond donors (Lipinski definition) is 1. The van der Waals surface area contributed by atoms with Crippen LogP contribution in [0.5, 0.6) is 0 Å². The van der Waals surface area contributed by atoms with Crippen molar-refractivity contribution < 1.29 is 9.50 Å². The number of rotatable bonds is 3. The Labute approximate surface area is 83.2 Å². The highest BCUT2D eigenvalue weighted by atomic mass is 19.1. The topological polar surface area (TPSA) is 36.4 Å². The fourth-order valence-corrected chi connectivity index (χ4v) is 1.30. The summed E-state index contributed by atoms with van der Waals surface area (Å²) in [5.41, 5.74) is -0.0891. The zero-order valence-electron chi connectivity index (χ0n) is 8.66. The third kappa shape index (κ3) is 3.30. The molecule has 0 saturated carbocycles. The molecule has 0 spiro atoms. The van der Waals surface area contributed by atoms with Gasteiger partial charge in [0.05, 0.1) is 5.60 Å². The molecule has 0 aliphatic rings. The summed E-state index contributed by atoms with van der Waals surface area (Å²) in [6.45, 7) is 3.86. The number of halogens is 1. The largest absolute Gasteiger partial charge is 0.389 e. The molecule has 0 amide bonds. The monoisotopic (exact) mass is 198 g/mol. The molecule has 1 aromatic heterocycles. The van der Waals surface area contributed by atoms with Gasteiger partial charge in [-0.2, -0.15) is 4.39 Å². The van der Waals surface area contributed by atoms with Crippen LogP contribution in [-0.2, 0) is 0 Å². The Balaban J connectivity index is 2.74. The highest BCUT2D eigenvalue weighted by molar-refractivity contribution is 5.44. The Morgan fingerprint density at radius 3 is 2.71 bits per heavy atom. The second-order valence-corrected chi connectivity index (χ2v) is 4.01. The Kier molecular flexibility index (Phi) is 3.06. The van der Waals surface area contributed by atoms with Gasteiger partial charge in [-0.25, -0.2) is 4.98 Å². The molecular formula is C10H15FN2O. The average molecular weight is 198 g/mol.